The fourth-order valence-electron chi connectivity index (χ4n) is 2.73. The summed E-state index contributed by atoms with van der Waals surface area (Å²) in [6.07, 6.45) is 2.37. The molecule has 2 rings (SSSR count). The molecule has 0 bridgehead atoms. The van der Waals surface area contributed by atoms with Crippen LogP contribution in [0.3, 0.4) is 0 Å². The number of hydrogen-bond donors (Lipinski definition) is 1. The van der Waals surface area contributed by atoms with Crippen LogP contribution < -0.4 is 5.32 Å². The number of carbonyl (C=O) groups is 1. The van der Waals surface area contributed by atoms with E-state index in [4.69, 9.17) is 4.74 Å². The summed E-state index contributed by atoms with van der Waals surface area (Å²) in [5, 5.41) is 3.27. The van der Waals surface area contributed by atoms with E-state index in [1.54, 1.807) is 7.11 Å². The van der Waals surface area contributed by atoms with E-state index in [2.05, 4.69) is 17.4 Å². The molecule has 0 aromatic heterocycles. The van der Waals surface area contributed by atoms with Crippen LogP contribution in [0.1, 0.15) is 18.4 Å². The first kappa shape index (κ1) is 18.0. The van der Waals surface area contributed by atoms with Crippen LogP contribution in [0.4, 0.5) is 0 Å². The number of nitrogens with zero attached hydrogens (tertiary/aromatic N) is 1. The van der Waals surface area contributed by atoms with Gasteiger partial charge in [-0.25, -0.2) is 0 Å². The Morgan fingerprint density at radius 1 is 1.29 bits per heavy atom. The van der Waals surface area contributed by atoms with Crippen molar-refractivity contribution in [1.29, 1.82) is 0 Å². The Morgan fingerprint density at radius 3 is 2.48 bits per heavy atom. The van der Waals surface area contributed by atoms with Crippen molar-refractivity contribution in [3.63, 3.8) is 0 Å². The average molecular weight is 313 g/mol. The number of ether oxygens (including phenoxy) is 1. The minimum absolute atomic E-state index is 0. The third kappa shape index (κ3) is 4.43. The molecule has 1 saturated heterocycles. The van der Waals surface area contributed by atoms with Crippen LogP contribution in [-0.4, -0.2) is 50.2 Å². The Kier molecular flexibility index (Phi) is 7.15. The van der Waals surface area contributed by atoms with E-state index in [1.165, 1.54) is 5.56 Å². The summed E-state index contributed by atoms with van der Waals surface area (Å²) in [6, 6.07) is 10.2. The monoisotopic (exact) mass is 312 g/mol. The molecule has 1 aliphatic heterocycles. The fraction of sp³-hybridized carbons (Fsp3) is 0.562. The number of nitrogens with one attached hydrogen (secondary N) is 1. The summed E-state index contributed by atoms with van der Waals surface area (Å²) in [5.41, 5.74) is 0.625. The standard InChI is InChI=1S/C16H24N2O2.ClH/c1-18(13-8-14-6-4-3-5-7-14)15(19)16(20-2)9-11-17-12-10-16;/h3-7,17H,8-13H2,1-2H3;1H. The summed E-state index contributed by atoms with van der Waals surface area (Å²) in [7, 11) is 3.52. The predicted molar refractivity (Wildman–Crippen MR) is 86.9 cm³/mol. The third-order valence-corrected chi connectivity index (χ3v) is 4.12. The number of amides is 1. The molecule has 0 aliphatic carbocycles. The highest BCUT2D eigenvalue weighted by atomic mass is 35.5. The molecule has 21 heavy (non-hydrogen) atoms. The van der Waals surface area contributed by atoms with E-state index in [0.717, 1.165) is 38.9 Å². The van der Waals surface area contributed by atoms with E-state index in [0.29, 0.717) is 0 Å². The van der Waals surface area contributed by atoms with Crippen LogP contribution in [-0.2, 0) is 16.0 Å². The van der Waals surface area contributed by atoms with Gasteiger partial charge in [0.05, 0.1) is 0 Å². The maximum Gasteiger partial charge on any atom is 0.254 e. The molecule has 0 atom stereocenters. The van der Waals surface area contributed by atoms with Crippen LogP contribution in [0.25, 0.3) is 0 Å². The van der Waals surface area contributed by atoms with Crippen molar-refractivity contribution in [2.75, 3.05) is 33.8 Å². The minimum atomic E-state index is -0.628. The lowest BCUT2D eigenvalue weighted by Gasteiger charge is -2.37. The Balaban J connectivity index is 0.00000220. The van der Waals surface area contributed by atoms with Crippen molar-refractivity contribution in [1.82, 2.24) is 10.2 Å². The van der Waals surface area contributed by atoms with E-state index in [9.17, 15) is 4.79 Å². The largest absolute Gasteiger partial charge is 0.368 e. The second kappa shape index (κ2) is 8.37. The normalized spacial score (nSPS) is 16.9. The van der Waals surface area contributed by atoms with Gasteiger partial charge in [-0.05, 0) is 37.9 Å². The smallest absolute Gasteiger partial charge is 0.254 e. The van der Waals surface area contributed by atoms with E-state index >= 15 is 0 Å². The summed E-state index contributed by atoms with van der Waals surface area (Å²) >= 11 is 0. The molecular weight excluding hydrogens is 288 g/mol. The number of benzene rings is 1. The molecule has 1 aromatic carbocycles. The second-order valence-corrected chi connectivity index (χ2v) is 5.41. The second-order valence-electron chi connectivity index (χ2n) is 5.41. The van der Waals surface area contributed by atoms with Crippen LogP contribution in [0.15, 0.2) is 30.3 Å². The molecule has 0 spiro atoms. The number of likely N-dealkylation sites (N-methyl/N-ethyl adjacent to an activating group) is 1. The Bertz CT molecular complexity index is 433. The first-order valence-electron chi connectivity index (χ1n) is 7.23. The van der Waals surface area contributed by atoms with Gasteiger partial charge in [0.1, 0.15) is 5.60 Å². The zero-order chi connectivity index (χ0) is 14.4. The number of methoxy groups -OCH3 is 1. The molecule has 1 aliphatic rings. The van der Waals surface area contributed by atoms with Gasteiger partial charge in [0.2, 0.25) is 0 Å². The van der Waals surface area contributed by atoms with Gasteiger partial charge in [0, 0.05) is 20.7 Å². The lowest BCUT2D eigenvalue weighted by atomic mass is 9.90. The lowest BCUT2D eigenvalue weighted by molar-refractivity contribution is -0.156. The Labute approximate surface area is 133 Å². The van der Waals surface area contributed by atoms with Crippen molar-refractivity contribution in [3.05, 3.63) is 35.9 Å². The number of carbonyl (C=O) groups excluding carboxylic acids is 1. The molecule has 118 valence electrons. The Hall–Kier alpha value is -1.10. The van der Waals surface area contributed by atoms with Crippen molar-refractivity contribution in [3.8, 4) is 0 Å². The zero-order valence-electron chi connectivity index (χ0n) is 12.8. The van der Waals surface area contributed by atoms with Crippen molar-refractivity contribution in [2.45, 2.75) is 24.9 Å². The molecule has 1 heterocycles. The fourth-order valence-corrected chi connectivity index (χ4v) is 2.73. The van der Waals surface area contributed by atoms with Gasteiger partial charge in [-0.15, -0.1) is 12.4 Å². The number of halogens is 1. The van der Waals surface area contributed by atoms with Crippen molar-refractivity contribution >= 4 is 18.3 Å². The SMILES string of the molecule is COC1(C(=O)N(C)CCc2ccccc2)CCNCC1.Cl. The molecule has 4 nitrogen and oxygen atoms in total. The number of hydrogen-bond acceptors (Lipinski definition) is 3. The molecule has 5 heteroatoms. The first-order chi connectivity index (χ1) is 9.68. The maximum absolute atomic E-state index is 12.6. The molecule has 1 aromatic rings. The highest BCUT2D eigenvalue weighted by Crippen LogP contribution is 2.24. The van der Waals surface area contributed by atoms with Crippen LogP contribution in [0.5, 0.6) is 0 Å². The number of rotatable bonds is 5. The molecule has 1 amide bonds. The minimum Gasteiger partial charge on any atom is -0.368 e. The molecule has 0 radical (unpaired) electrons. The quantitative estimate of drug-likeness (QED) is 0.902. The van der Waals surface area contributed by atoms with Gasteiger partial charge in [-0.3, -0.25) is 4.79 Å². The summed E-state index contributed by atoms with van der Waals surface area (Å²) in [6.45, 7) is 2.40. The third-order valence-electron chi connectivity index (χ3n) is 4.12. The van der Waals surface area contributed by atoms with Gasteiger partial charge >= 0.3 is 0 Å². The molecule has 0 unspecified atom stereocenters. The van der Waals surface area contributed by atoms with Crippen LogP contribution in [0, 0.1) is 0 Å². The van der Waals surface area contributed by atoms with Crippen LogP contribution in [0.2, 0.25) is 0 Å². The highest BCUT2D eigenvalue weighted by molar-refractivity contribution is 5.85. The molecular formula is C16H25ClN2O2. The summed E-state index contributed by atoms with van der Waals surface area (Å²) < 4.78 is 5.58. The summed E-state index contributed by atoms with van der Waals surface area (Å²) in [4.78, 5) is 14.5. The molecule has 1 N–H and O–H groups in total. The van der Waals surface area contributed by atoms with Gasteiger partial charge in [0.25, 0.3) is 5.91 Å². The van der Waals surface area contributed by atoms with E-state index in [1.807, 2.05) is 30.1 Å². The van der Waals surface area contributed by atoms with E-state index in [-0.39, 0.29) is 18.3 Å². The van der Waals surface area contributed by atoms with Gasteiger partial charge in [-0.1, -0.05) is 30.3 Å². The van der Waals surface area contributed by atoms with Crippen molar-refractivity contribution in [2.24, 2.45) is 0 Å². The summed E-state index contributed by atoms with van der Waals surface area (Å²) in [5.74, 6) is 0.109. The molecule has 1 fully saturated rings. The molecule has 0 saturated carbocycles. The van der Waals surface area contributed by atoms with Crippen LogP contribution >= 0.6 is 12.4 Å². The zero-order valence-corrected chi connectivity index (χ0v) is 13.6. The first-order valence-corrected chi connectivity index (χ1v) is 7.23. The number of piperidine rings is 1. The topological polar surface area (TPSA) is 41.6 Å². The Morgan fingerprint density at radius 2 is 1.90 bits per heavy atom. The van der Waals surface area contributed by atoms with Gasteiger partial charge in [0.15, 0.2) is 0 Å². The van der Waals surface area contributed by atoms with E-state index < -0.39 is 5.60 Å². The maximum atomic E-state index is 12.6. The lowest BCUT2D eigenvalue weighted by Crippen LogP contribution is -2.54. The average Bonchev–Trinajstić information content (AvgIpc) is 2.53. The van der Waals surface area contributed by atoms with Gasteiger partial charge in [-0.2, -0.15) is 0 Å². The van der Waals surface area contributed by atoms with Gasteiger partial charge < -0.3 is 15.0 Å². The van der Waals surface area contributed by atoms with Crippen molar-refractivity contribution < 1.29 is 9.53 Å². The predicted octanol–water partition coefficient (Wildman–Crippen LogP) is 1.88. The highest BCUT2D eigenvalue weighted by Gasteiger charge is 2.41.